The highest BCUT2D eigenvalue weighted by Crippen LogP contribution is 2.48. The minimum absolute atomic E-state index is 0.0209. The van der Waals surface area contributed by atoms with Crippen LogP contribution >= 0.6 is 0 Å². The van der Waals surface area contributed by atoms with E-state index >= 15 is 0 Å². The van der Waals surface area contributed by atoms with E-state index in [1.54, 1.807) is 0 Å². The lowest BCUT2D eigenvalue weighted by Gasteiger charge is -2.11. The fraction of sp³-hybridized carbons (Fsp3) is 0.533. The maximum absolute atomic E-state index is 13.6. The zero-order valence-corrected chi connectivity index (χ0v) is 11.2. The molecule has 0 radical (unpaired) electrons. The SMILES string of the molecule is O=C(NCC1CCCN1)C1CC1c1ccc(F)cc1F. The Morgan fingerprint density at radius 1 is 1.40 bits per heavy atom. The van der Waals surface area contributed by atoms with Crippen LogP contribution in [0.4, 0.5) is 8.78 Å². The Morgan fingerprint density at radius 3 is 2.95 bits per heavy atom. The number of carbonyl (C=O) groups is 1. The molecule has 20 heavy (non-hydrogen) atoms. The molecule has 0 aromatic heterocycles. The number of hydrogen-bond donors (Lipinski definition) is 2. The first-order valence-electron chi connectivity index (χ1n) is 7.11. The molecule has 2 N–H and O–H groups in total. The summed E-state index contributed by atoms with van der Waals surface area (Å²) in [7, 11) is 0. The zero-order valence-electron chi connectivity index (χ0n) is 11.2. The fourth-order valence-corrected chi connectivity index (χ4v) is 2.92. The third-order valence-corrected chi connectivity index (χ3v) is 4.17. The van der Waals surface area contributed by atoms with Crippen LogP contribution in [0.1, 0.15) is 30.7 Å². The number of benzene rings is 1. The molecule has 108 valence electrons. The van der Waals surface area contributed by atoms with Crippen LogP contribution in [0.3, 0.4) is 0 Å². The van der Waals surface area contributed by atoms with Crippen molar-refractivity contribution in [2.45, 2.75) is 31.2 Å². The van der Waals surface area contributed by atoms with E-state index in [2.05, 4.69) is 10.6 Å². The third-order valence-electron chi connectivity index (χ3n) is 4.17. The molecular formula is C15H18F2N2O. The lowest BCUT2D eigenvalue weighted by Crippen LogP contribution is -2.38. The Hall–Kier alpha value is -1.49. The zero-order chi connectivity index (χ0) is 14.1. The predicted molar refractivity (Wildman–Crippen MR) is 71.2 cm³/mol. The quantitative estimate of drug-likeness (QED) is 0.885. The number of halogens is 2. The molecule has 3 atom stereocenters. The van der Waals surface area contributed by atoms with Crippen molar-refractivity contribution in [1.82, 2.24) is 10.6 Å². The van der Waals surface area contributed by atoms with E-state index in [0.717, 1.165) is 25.5 Å². The fourth-order valence-electron chi connectivity index (χ4n) is 2.92. The highest BCUT2D eigenvalue weighted by Gasteiger charge is 2.45. The minimum Gasteiger partial charge on any atom is -0.354 e. The average Bonchev–Trinajstić information content (AvgIpc) is 3.03. The van der Waals surface area contributed by atoms with Gasteiger partial charge in [-0.1, -0.05) is 6.07 Å². The van der Waals surface area contributed by atoms with Gasteiger partial charge in [0.05, 0.1) is 0 Å². The van der Waals surface area contributed by atoms with Crippen molar-refractivity contribution in [3.8, 4) is 0 Å². The van der Waals surface area contributed by atoms with Gasteiger partial charge < -0.3 is 10.6 Å². The minimum atomic E-state index is -0.583. The molecule has 1 aliphatic carbocycles. The number of rotatable bonds is 4. The van der Waals surface area contributed by atoms with Gasteiger partial charge in [-0.15, -0.1) is 0 Å². The number of amides is 1. The highest BCUT2D eigenvalue weighted by molar-refractivity contribution is 5.82. The molecule has 1 saturated heterocycles. The first-order valence-corrected chi connectivity index (χ1v) is 7.11. The monoisotopic (exact) mass is 280 g/mol. The van der Waals surface area contributed by atoms with Gasteiger partial charge in [0, 0.05) is 24.6 Å². The summed E-state index contributed by atoms with van der Waals surface area (Å²) in [5, 5.41) is 6.23. The average molecular weight is 280 g/mol. The first-order chi connectivity index (χ1) is 9.65. The molecule has 2 aliphatic rings. The van der Waals surface area contributed by atoms with Crippen molar-refractivity contribution in [2.75, 3.05) is 13.1 Å². The van der Waals surface area contributed by atoms with Gasteiger partial charge in [0.1, 0.15) is 11.6 Å². The molecule has 2 fully saturated rings. The molecule has 1 aromatic carbocycles. The maximum atomic E-state index is 13.6. The molecule has 1 saturated carbocycles. The summed E-state index contributed by atoms with van der Waals surface area (Å²) in [6, 6.07) is 3.93. The molecule has 3 nitrogen and oxygen atoms in total. The molecule has 0 bridgehead atoms. The second-order valence-corrected chi connectivity index (χ2v) is 5.65. The Bertz CT molecular complexity index is 515. The Morgan fingerprint density at radius 2 is 2.25 bits per heavy atom. The summed E-state index contributed by atoms with van der Waals surface area (Å²) in [5.74, 6) is -1.43. The summed E-state index contributed by atoms with van der Waals surface area (Å²) >= 11 is 0. The molecule has 3 rings (SSSR count). The van der Waals surface area contributed by atoms with Crippen LogP contribution in [-0.4, -0.2) is 25.0 Å². The van der Waals surface area contributed by atoms with Crippen LogP contribution in [0.25, 0.3) is 0 Å². The van der Waals surface area contributed by atoms with Crippen LogP contribution in [0, 0.1) is 17.6 Å². The second kappa shape index (κ2) is 5.48. The van der Waals surface area contributed by atoms with E-state index < -0.39 is 11.6 Å². The van der Waals surface area contributed by atoms with Crippen molar-refractivity contribution in [3.05, 3.63) is 35.4 Å². The van der Waals surface area contributed by atoms with Crippen molar-refractivity contribution in [1.29, 1.82) is 0 Å². The molecule has 3 unspecified atom stereocenters. The standard InChI is InChI=1S/C15H18F2N2O/c16-9-3-4-11(14(17)6-9)12-7-13(12)15(20)19-8-10-2-1-5-18-10/h3-4,6,10,12-13,18H,1-2,5,7-8H2,(H,19,20). The van der Waals surface area contributed by atoms with Gasteiger partial charge >= 0.3 is 0 Å². The van der Waals surface area contributed by atoms with E-state index in [1.165, 1.54) is 12.1 Å². The Kier molecular flexibility index (Phi) is 3.70. The lowest BCUT2D eigenvalue weighted by molar-refractivity contribution is -0.122. The van der Waals surface area contributed by atoms with E-state index in [-0.39, 0.29) is 17.7 Å². The number of hydrogen-bond acceptors (Lipinski definition) is 2. The molecule has 1 heterocycles. The van der Waals surface area contributed by atoms with Crippen molar-refractivity contribution in [2.24, 2.45) is 5.92 Å². The molecular weight excluding hydrogens is 262 g/mol. The van der Waals surface area contributed by atoms with Crippen molar-refractivity contribution >= 4 is 5.91 Å². The third kappa shape index (κ3) is 2.82. The largest absolute Gasteiger partial charge is 0.354 e. The second-order valence-electron chi connectivity index (χ2n) is 5.65. The van der Waals surface area contributed by atoms with Gasteiger partial charge in [-0.3, -0.25) is 4.79 Å². The van der Waals surface area contributed by atoms with Crippen LogP contribution < -0.4 is 10.6 Å². The summed E-state index contributed by atoms with van der Waals surface area (Å²) in [6.07, 6.45) is 2.88. The van der Waals surface area contributed by atoms with Gasteiger partial charge in [0.2, 0.25) is 5.91 Å². The summed E-state index contributed by atoms with van der Waals surface area (Å²) in [6.45, 7) is 1.64. The number of nitrogens with one attached hydrogen (secondary N) is 2. The molecule has 1 aliphatic heterocycles. The number of carbonyl (C=O) groups excluding carboxylic acids is 1. The van der Waals surface area contributed by atoms with E-state index in [1.807, 2.05) is 0 Å². The van der Waals surface area contributed by atoms with Crippen molar-refractivity contribution < 1.29 is 13.6 Å². The van der Waals surface area contributed by atoms with Crippen LogP contribution in [0.2, 0.25) is 0 Å². The smallest absolute Gasteiger partial charge is 0.223 e. The highest BCUT2D eigenvalue weighted by atomic mass is 19.1. The van der Waals surface area contributed by atoms with Crippen LogP contribution in [-0.2, 0) is 4.79 Å². The Labute approximate surface area is 116 Å². The van der Waals surface area contributed by atoms with Crippen LogP contribution in [0.15, 0.2) is 18.2 Å². The van der Waals surface area contributed by atoms with E-state index in [9.17, 15) is 13.6 Å². The van der Waals surface area contributed by atoms with Gasteiger partial charge in [-0.25, -0.2) is 8.78 Å². The summed E-state index contributed by atoms with van der Waals surface area (Å²) in [4.78, 5) is 12.0. The van der Waals surface area contributed by atoms with Crippen LogP contribution in [0.5, 0.6) is 0 Å². The summed E-state index contributed by atoms with van der Waals surface area (Å²) in [5.41, 5.74) is 0.450. The molecule has 1 amide bonds. The summed E-state index contributed by atoms with van der Waals surface area (Å²) < 4.78 is 26.5. The van der Waals surface area contributed by atoms with Gasteiger partial charge in [-0.05, 0) is 43.4 Å². The molecule has 1 aromatic rings. The van der Waals surface area contributed by atoms with Gasteiger partial charge in [0.25, 0.3) is 0 Å². The van der Waals surface area contributed by atoms with E-state index in [4.69, 9.17) is 0 Å². The molecule has 0 spiro atoms. The van der Waals surface area contributed by atoms with E-state index in [0.29, 0.717) is 24.6 Å². The normalized spacial score (nSPS) is 28.4. The van der Waals surface area contributed by atoms with Gasteiger partial charge in [-0.2, -0.15) is 0 Å². The maximum Gasteiger partial charge on any atom is 0.223 e. The van der Waals surface area contributed by atoms with Gasteiger partial charge in [0.15, 0.2) is 0 Å². The van der Waals surface area contributed by atoms with Crippen molar-refractivity contribution in [3.63, 3.8) is 0 Å². The Balaban J connectivity index is 1.53. The lowest BCUT2D eigenvalue weighted by atomic mass is 10.1. The topological polar surface area (TPSA) is 41.1 Å². The molecule has 5 heteroatoms. The predicted octanol–water partition coefficient (Wildman–Crippen LogP) is 1.94. The first kappa shape index (κ1) is 13.5.